The molecular weight excluding hydrogens is 376 g/mol. The van der Waals surface area contributed by atoms with Gasteiger partial charge in [0.2, 0.25) is 0 Å². The van der Waals surface area contributed by atoms with E-state index in [9.17, 15) is 0 Å². The molecule has 2 aliphatic rings. The van der Waals surface area contributed by atoms with E-state index in [2.05, 4.69) is 83.4 Å². The van der Waals surface area contributed by atoms with E-state index in [0.717, 1.165) is 18.5 Å². The van der Waals surface area contributed by atoms with Gasteiger partial charge in [-0.05, 0) is 87.0 Å². The van der Waals surface area contributed by atoms with Crippen molar-refractivity contribution in [2.75, 3.05) is 0 Å². The first kappa shape index (κ1) is 15.9. The van der Waals surface area contributed by atoms with E-state index in [0.29, 0.717) is 0 Å². The van der Waals surface area contributed by atoms with Crippen LogP contribution in [0.5, 0.6) is 0 Å². The number of imidazole rings is 1. The molecule has 6 aromatic rings. The fraction of sp³-hybridized carbons (Fsp3) is 0.0690. The van der Waals surface area contributed by atoms with Crippen molar-refractivity contribution < 1.29 is 0 Å². The number of rotatable bonds is 0. The number of hydrogen-bond donors (Lipinski definition) is 0. The van der Waals surface area contributed by atoms with Gasteiger partial charge in [-0.3, -0.25) is 4.40 Å². The molecule has 2 heteroatoms. The zero-order valence-corrected chi connectivity index (χ0v) is 16.9. The molecule has 0 saturated carbocycles. The van der Waals surface area contributed by atoms with Crippen molar-refractivity contribution in [3.63, 3.8) is 0 Å². The van der Waals surface area contributed by atoms with Gasteiger partial charge in [0.25, 0.3) is 0 Å². The van der Waals surface area contributed by atoms with Crippen molar-refractivity contribution in [3.05, 3.63) is 107 Å². The van der Waals surface area contributed by atoms with E-state index in [1.165, 1.54) is 66.2 Å². The van der Waals surface area contributed by atoms with Crippen molar-refractivity contribution in [1.82, 2.24) is 9.38 Å². The van der Waals surface area contributed by atoms with Crippen LogP contribution in [0.1, 0.15) is 22.3 Å². The Bertz CT molecular complexity index is 1740. The molecule has 31 heavy (non-hydrogen) atoms. The molecular formula is C29H18N2. The number of hydrogen-bond acceptors (Lipinski definition) is 1. The lowest BCUT2D eigenvalue weighted by Crippen LogP contribution is -1.92. The predicted octanol–water partition coefficient (Wildman–Crippen LogP) is 6.78. The standard InChI is InChI=1S/C29H18N2/c1-2-6-21-17(5-1)11-18-12-19-13-20-14-26-22-7-3-4-8-28(22)31-10-9-30-29(31)27(26)16-25(20)24(19)15-23(18)21/h1-10,12,14-16H,11,13H2. The van der Waals surface area contributed by atoms with Crippen LogP contribution in [0.25, 0.3) is 49.6 Å². The quantitative estimate of drug-likeness (QED) is 0.259. The average molecular weight is 394 g/mol. The third kappa shape index (κ3) is 1.95. The van der Waals surface area contributed by atoms with Crippen LogP contribution in [0.2, 0.25) is 0 Å². The molecule has 0 N–H and O–H groups in total. The van der Waals surface area contributed by atoms with Crippen molar-refractivity contribution in [2.24, 2.45) is 0 Å². The first-order chi connectivity index (χ1) is 15.3. The number of para-hydroxylation sites is 1. The van der Waals surface area contributed by atoms with Crippen LogP contribution < -0.4 is 0 Å². The molecule has 0 spiro atoms. The van der Waals surface area contributed by atoms with Crippen molar-refractivity contribution in [3.8, 4) is 22.3 Å². The summed E-state index contributed by atoms with van der Waals surface area (Å²) in [6.07, 6.45) is 6.04. The third-order valence-electron chi connectivity index (χ3n) is 7.27. The molecule has 2 aromatic heterocycles. The van der Waals surface area contributed by atoms with Gasteiger partial charge in [0.15, 0.2) is 0 Å². The third-order valence-corrected chi connectivity index (χ3v) is 7.27. The second-order valence-corrected chi connectivity index (χ2v) is 8.87. The molecule has 0 radical (unpaired) electrons. The molecule has 2 heterocycles. The Balaban J connectivity index is 1.45. The van der Waals surface area contributed by atoms with E-state index in [-0.39, 0.29) is 0 Å². The highest BCUT2D eigenvalue weighted by Crippen LogP contribution is 2.46. The van der Waals surface area contributed by atoms with Gasteiger partial charge in [0, 0.05) is 23.2 Å². The highest BCUT2D eigenvalue weighted by molar-refractivity contribution is 6.13. The second-order valence-electron chi connectivity index (χ2n) is 8.87. The lowest BCUT2D eigenvalue weighted by molar-refractivity contribution is 1.21. The maximum atomic E-state index is 4.73. The van der Waals surface area contributed by atoms with Gasteiger partial charge in [-0.1, -0.05) is 48.5 Å². The molecule has 144 valence electrons. The summed E-state index contributed by atoms with van der Waals surface area (Å²) in [5, 5.41) is 3.83. The van der Waals surface area contributed by atoms with Crippen LogP contribution in [0.15, 0.2) is 85.2 Å². The Hall–Kier alpha value is -3.91. The Morgan fingerprint density at radius 3 is 2.29 bits per heavy atom. The summed E-state index contributed by atoms with van der Waals surface area (Å²) >= 11 is 0. The number of aromatic nitrogens is 2. The van der Waals surface area contributed by atoms with Crippen LogP contribution in [0, 0.1) is 0 Å². The van der Waals surface area contributed by atoms with Crippen LogP contribution in [0.4, 0.5) is 0 Å². The molecule has 0 aliphatic heterocycles. The minimum absolute atomic E-state index is 1.01. The number of pyridine rings is 1. The molecule has 4 aromatic carbocycles. The second kappa shape index (κ2) is 5.41. The zero-order valence-electron chi connectivity index (χ0n) is 16.9. The highest BCUT2D eigenvalue weighted by atomic mass is 15.0. The lowest BCUT2D eigenvalue weighted by Gasteiger charge is -2.11. The monoisotopic (exact) mass is 394 g/mol. The predicted molar refractivity (Wildman–Crippen MR) is 127 cm³/mol. The summed E-state index contributed by atoms with van der Waals surface area (Å²) in [6.45, 7) is 0. The van der Waals surface area contributed by atoms with Gasteiger partial charge >= 0.3 is 0 Å². The fourth-order valence-electron chi connectivity index (χ4n) is 5.90. The number of nitrogens with zero attached hydrogens (tertiary/aromatic N) is 2. The molecule has 0 atom stereocenters. The topological polar surface area (TPSA) is 17.3 Å². The largest absolute Gasteiger partial charge is 0.299 e. The molecule has 2 aliphatic carbocycles. The van der Waals surface area contributed by atoms with Gasteiger partial charge in [0.05, 0.1) is 5.52 Å². The zero-order chi connectivity index (χ0) is 20.1. The average Bonchev–Trinajstić information content (AvgIpc) is 3.51. The lowest BCUT2D eigenvalue weighted by atomic mass is 9.96. The molecule has 2 nitrogen and oxygen atoms in total. The van der Waals surface area contributed by atoms with Gasteiger partial charge in [-0.25, -0.2) is 4.98 Å². The van der Waals surface area contributed by atoms with Crippen molar-refractivity contribution in [2.45, 2.75) is 12.8 Å². The first-order valence-corrected chi connectivity index (χ1v) is 10.9. The van der Waals surface area contributed by atoms with E-state index in [1.54, 1.807) is 0 Å². The van der Waals surface area contributed by atoms with Gasteiger partial charge in [-0.15, -0.1) is 0 Å². The van der Waals surface area contributed by atoms with Gasteiger partial charge in [-0.2, -0.15) is 0 Å². The van der Waals surface area contributed by atoms with Crippen molar-refractivity contribution in [1.29, 1.82) is 0 Å². The molecule has 0 saturated heterocycles. The fourth-order valence-corrected chi connectivity index (χ4v) is 5.90. The molecule has 8 rings (SSSR count). The Labute approximate surface area is 179 Å². The summed E-state index contributed by atoms with van der Waals surface area (Å²) in [4.78, 5) is 4.73. The molecule has 0 amide bonds. The first-order valence-electron chi connectivity index (χ1n) is 10.9. The van der Waals surface area contributed by atoms with Crippen LogP contribution in [0.3, 0.4) is 0 Å². The SMILES string of the molecule is c1ccc2c(c1)Cc1cc3c(cc1-2)-c1cc2c(cc1C3)c1ccccc1n1ccnc21. The highest BCUT2D eigenvalue weighted by Gasteiger charge is 2.26. The Morgan fingerprint density at radius 1 is 0.581 bits per heavy atom. The Kier molecular flexibility index (Phi) is 2.77. The Morgan fingerprint density at radius 2 is 1.32 bits per heavy atom. The summed E-state index contributed by atoms with van der Waals surface area (Å²) < 4.78 is 2.22. The normalized spacial score (nSPS) is 13.5. The molecule has 0 unspecified atom stereocenters. The van der Waals surface area contributed by atoms with Crippen LogP contribution in [-0.4, -0.2) is 9.38 Å². The summed E-state index contributed by atoms with van der Waals surface area (Å²) in [5.41, 5.74) is 13.6. The summed E-state index contributed by atoms with van der Waals surface area (Å²) in [6, 6.07) is 27.2. The van der Waals surface area contributed by atoms with E-state index in [4.69, 9.17) is 4.98 Å². The van der Waals surface area contributed by atoms with Gasteiger partial charge < -0.3 is 0 Å². The maximum Gasteiger partial charge on any atom is 0.145 e. The number of benzene rings is 4. The van der Waals surface area contributed by atoms with Gasteiger partial charge in [0.1, 0.15) is 5.65 Å². The molecule has 0 fully saturated rings. The van der Waals surface area contributed by atoms with Crippen LogP contribution >= 0.6 is 0 Å². The number of fused-ring (bicyclic) bond motifs is 12. The molecule has 0 bridgehead atoms. The summed E-state index contributed by atoms with van der Waals surface area (Å²) in [5.74, 6) is 0. The maximum absolute atomic E-state index is 4.73. The smallest absolute Gasteiger partial charge is 0.145 e. The van der Waals surface area contributed by atoms with Crippen LogP contribution in [-0.2, 0) is 12.8 Å². The van der Waals surface area contributed by atoms with E-state index < -0.39 is 0 Å². The summed E-state index contributed by atoms with van der Waals surface area (Å²) in [7, 11) is 0. The van der Waals surface area contributed by atoms with E-state index in [1.807, 2.05) is 6.20 Å². The van der Waals surface area contributed by atoms with Crippen molar-refractivity contribution >= 4 is 27.3 Å². The minimum Gasteiger partial charge on any atom is -0.299 e. The van der Waals surface area contributed by atoms with E-state index >= 15 is 0 Å². The minimum atomic E-state index is 1.01.